The normalized spacial score (nSPS) is 32.3. The van der Waals surface area contributed by atoms with Crippen LogP contribution in [0.4, 0.5) is 5.69 Å². The maximum Gasteiger partial charge on any atom is 0.283 e. The largest absolute Gasteiger partial charge is 0.504 e. The van der Waals surface area contributed by atoms with Crippen molar-refractivity contribution in [3.63, 3.8) is 0 Å². The number of phenolic OH excluding ortho intramolecular Hbond substituents is 1. The lowest BCUT2D eigenvalue weighted by Crippen LogP contribution is -2.78. The monoisotopic (exact) mass is 569 g/mol. The van der Waals surface area contributed by atoms with Crippen LogP contribution in [0.3, 0.4) is 0 Å². The van der Waals surface area contributed by atoms with Crippen LogP contribution < -0.4 is 10.1 Å². The second-order valence-corrected chi connectivity index (χ2v) is 13.9. The van der Waals surface area contributed by atoms with Crippen molar-refractivity contribution >= 4 is 33.2 Å². The average Bonchev–Trinajstić information content (AvgIpc) is 3.65. The molecule has 1 saturated heterocycles. The van der Waals surface area contributed by atoms with Crippen LogP contribution in [0.25, 0.3) is 0 Å². The quantitative estimate of drug-likeness (QED) is 0.247. The number of nitro benzene ring substituents is 1. The molecule has 5 atom stereocenters. The van der Waals surface area contributed by atoms with Crippen molar-refractivity contribution in [2.45, 2.75) is 72.6 Å². The SMILES string of the molecule is O=C(CSSc1ccccc1[N+](=O)[O-])N[C@@H]1CCC2(O)C3Cc4ccc(O)c5c4C2(CCN3CC2CC2)C1O5. The summed E-state index contributed by atoms with van der Waals surface area (Å²) < 4.78 is 6.50. The zero-order valence-electron chi connectivity index (χ0n) is 21.4. The van der Waals surface area contributed by atoms with Crippen LogP contribution in [0.15, 0.2) is 41.3 Å². The Hall–Kier alpha value is -2.47. The Kier molecular flexibility index (Phi) is 6.07. The summed E-state index contributed by atoms with van der Waals surface area (Å²) in [6.07, 6.45) is 4.63. The summed E-state index contributed by atoms with van der Waals surface area (Å²) in [5.41, 5.74) is 0.423. The van der Waals surface area contributed by atoms with Crippen molar-refractivity contribution in [2.24, 2.45) is 5.92 Å². The fourth-order valence-electron chi connectivity index (χ4n) is 7.70. The first kappa shape index (κ1) is 25.5. The first-order chi connectivity index (χ1) is 18.8. The number of nitrogens with one attached hydrogen (secondary N) is 1. The molecule has 2 saturated carbocycles. The number of hydrogen-bond donors (Lipinski definition) is 3. The summed E-state index contributed by atoms with van der Waals surface area (Å²) >= 11 is 0. The lowest BCUT2D eigenvalue weighted by Gasteiger charge is -2.64. The number of carbonyl (C=O) groups is 1. The third-order valence-electron chi connectivity index (χ3n) is 9.51. The lowest BCUT2D eigenvalue weighted by atomic mass is 9.48. The van der Waals surface area contributed by atoms with Gasteiger partial charge in [0.1, 0.15) is 6.10 Å². The Morgan fingerprint density at radius 1 is 1.21 bits per heavy atom. The molecule has 3 N–H and O–H groups in total. The van der Waals surface area contributed by atoms with E-state index in [0.717, 1.165) is 43.0 Å². The summed E-state index contributed by atoms with van der Waals surface area (Å²) in [6, 6.07) is 9.85. The highest BCUT2D eigenvalue weighted by atomic mass is 33.1. The number of phenols is 1. The molecular formula is C28H31N3O6S2. The van der Waals surface area contributed by atoms with E-state index >= 15 is 0 Å². The maximum atomic E-state index is 13.1. The van der Waals surface area contributed by atoms with E-state index in [4.69, 9.17) is 4.74 Å². The van der Waals surface area contributed by atoms with E-state index in [1.54, 1.807) is 24.3 Å². The third kappa shape index (κ3) is 3.88. The van der Waals surface area contributed by atoms with Gasteiger partial charge in [0.05, 0.1) is 32.6 Å². The molecule has 2 aromatic rings. The Labute approximate surface area is 234 Å². The number of benzene rings is 2. The lowest BCUT2D eigenvalue weighted by molar-refractivity contribution is -0.387. The van der Waals surface area contributed by atoms with Gasteiger partial charge in [-0.25, -0.2) is 0 Å². The molecule has 9 nitrogen and oxygen atoms in total. The molecule has 3 aliphatic carbocycles. The Bertz CT molecular complexity index is 1350. The van der Waals surface area contributed by atoms with Gasteiger partial charge in [-0.05, 0) is 79.5 Å². The summed E-state index contributed by atoms with van der Waals surface area (Å²) in [5.74, 6) is 1.21. The van der Waals surface area contributed by atoms with Crippen LogP contribution in [-0.4, -0.2) is 68.6 Å². The number of nitro groups is 1. The molecule has 1 amide bonds. The average molecular weight is 570 g/mol. The van der Waals surface area contributed by atoms with Crippen LogP contribution in [0.1, 0.15) is 43.2 Å². The highest BCUT2D eigenvalue weighted by molar-refractivity contribution is 8.76. The molecule has 39 heavy (non-hydrogen) atoms. The van der Waals surface area contributed by atoms with Gasteiger partial charge in [0, 0.05) is 24.2 Å². The molecule has 206 valence electrons. The van der Waals surface area contributed by atoms with Crippen molar-refractivity contribution < 1.29 is 24.7 Å². The summed E-state index contributed by atoms with van der Waals surface area (Å²) in [6.45, 7) is 1.88. The zero-order valence-corrected chi connectivity index (χ0v) is 23.0. The number of amides is 1. The molecule has 2 aromatic carbocycles. The Balaban J connectivity index is 1.12. The van der Waals surface area contributed by atoms with Gasteiger partial charge in [0.2, 0.25) is 5.91 Å². The number of hydrogen-bond acceptors (Lipinski definition) is 9. The second-order valence-electron chi connectivity index (χ2n) is 11.6. The number of para-hydroxylation sites is 1. The van der Waals surface area contributed by atoms with Crippen molar-refractivity contribution in [1.82, 2.24) is 10.2 Å². The number of carbonyl (C=O) groups excluding carboxylic acids is 1. The van der Waals surface area contributed by atoms with E-state index in [-0.39, 0.29) is 35.2 Å². The van der Waals surface area contributed by atoms with Crippen LogP contribution in [0.2, 0.25) is 0 Å². The second kappa shape index (κ2) is 9.29. The van der Waals surface area contributed by atoms with Gasteiger partial charge < -0.3 is 20.3 Å². The number of aliphatic hydroxyl groups is 1. The van der Waals surface area contributed by atoms with Gasteiger partial charge >= 0.3 is 0 Å². The number of nitrogens with zero attached hydrogens (tertiary/aromatic N) is 2. The van der Waals surface area contributed by atoms with E-state index < -0.39 is 22.0 Å². The van der Waals surface area contributed by atoms with Crippen LogP contribution in [0.5, 0.6) is 11.5 Å². The minimum atomic E-state index is -0.991. The zero-order chi connectivity index (χ0) is 26.9. The van der Waals surface area contributed by atoms with Gasteiger partial charge in [-0.3, -0.25) is 19.8 Å². The molecule has 4 unspecified atom stereocenters. The van der Waals surface area contributed by atoms with Crippen molar-refractivity contribution in [2.75, 3.05) is 18.8 Å². The van der Waals surface area contributed by atoms with Crippen molar-refractivity contribution in [1.29, 1.82) is 0 Å². The maximum absolute atomic E-state index is 13.1. The smallest absolute Gasteiger partial charge is 0.283 e. The van der Waals surface area contributed by atoms with Gasteiger partial charge in [-0.15, -0.1) is 0 Å². The first-order valence-electron chi connectivity index (χ1n) is 13.6. The van der Waals surface area contributed by atoms with E-state index in [9.17, 15) is 25.1 Å². The molecular weight excluding hydrogens is 538 g/mol. The summed E-state index contributed by atoms with van der Waals surface area (Å²) in [5, 5.41) is 37.7. The van der Waals surface area contributed by atoms with Gasteiger partial charge in [0.25, 0.3) is 5.69 Å². The van der Waals surface area contributed by atoms with E-state index in [1.807, 2.05) is 6.07 Å². The topological polar surface area (TPSA) is 125 Å². The van der Waals surface area contributed by atoms with E-state index in [1.165, 1.54) is 40.5 Å². The molecule has 1 spiro atoms. The summed E-state index contributed by atoms with van der Waals surface area (Å²) in [4.78, 5) is 27.0. The van der Waals surface area contributed by atoms with Gasteiger partial charge in [0.15, 0.2) is 11.5 Å². The molecule has 2 bridgehead atoms. The van der Waals surface area contributed by atoms with E-state index in [2.05, 4.69) is 10.2 Å². The molecule has 2 heterocycles. The molecule has 5 aliphatic rings. The molecule has 7 rings (SSSR count). The van der Waals surface area contributed by atoms with Gasteiger partial charge in [-0.2, -0.15) is 0 Å². The number of ether oxygens (including phenoxy) is 1. The fraction of sp³-hybridized carbons (Fsp3) is 0.536. The molecule has 11 heteroatoms. The highest BCUT2D eigenvalue weighted by Crippen LogP contribution is 2.65. The minimum absolute atomic E-state index is 0.00814. The predicted octanol–water partition coefficient (Wildman–Crippen LogP) is 3.79. The number of likely N-dealkylation sites (tertiary alicyclic amines) is 1. The standard InChI is InChI=1S/C28H31N3O6S2/c32-20-8-7-17-13-22-28(34)10-9-18(29-23(33)15-38-39-21-4-2-1-3-19(21)31(35)36)26-27(28,24(17)25(20)37-26)11-12-30(22)14-16-5-6-16/h1-4,7-8,16,18,22,26,32,34H,5-6,9-15H2,(H,29,33)/t18-,22?,26?,27?,28?/m1/s1. The Morgan fingerprint density at radius 2 is 2.03 bits per heavy atom. The van der Waals surface area contributed by atoms with Crippen LogP contribution >= 0.6 is 21.6 Å². The third-order valence-corrected chi connectivity index (χ3v) is 11.8. The van der Waals surface area contributed by atoms with Crippen molar-refractivity contribution in [3.05, 3.63) is 57.6 Å². The number of rotatable bonds is 8. The minimum Gasteiger partial charge on any atom is -0.504 e. The highest BCUT2D eigenvalue weighted by Gasteiger charge is 2.73. The number of piperidine rings is 1. The Morgan fingerprint density at radius 3 is 2.82 bits per heavy atom. The predicted molar refractivity (Wildman–Crippen MR) is 148 cm³/mol. The molecule has 0 aromatic heterocycles. The number of aromatic hydroxyl groups is 1. The van der Waals surface area contributed by atoms with E-state index in [0.29, 0.717) is 23.5 Å². The molecule has 2 aliphatic heterocycles. The van der Waals surface area contributed by atoms with Crippen molar-refractivity contribution in [3.8, 4) is 11.5 Å². The fourth-order valence-corrected chi connectivity index (χ4v) is 9.74. The molecule has 0 radical (unpaired) electrons. The van der Waals surface area contributed by atoms with Gasteiger partial charge in [-0.1, -0.05) is 29.0 Å². The summed E-state index contributed by atoms with van der Waals surface area (Å²) in [7, 11) is 2.47. The van der Waals surface area contributed by atoms with Crippen LogP contribution in [0, 0.1) is 16.0 Å². The molecule has 3 fully saturated rings. The first-order valence-corrected chi connectivity index (χ1v) is 15.9. The van der Waals surface area contributed by atoms with Crippen LogP contribution in [-0.2, 0) is 16.6 Å².